The lowest BCUT2D eigenvalue weighted by Crippen LogP contribution is -1.97. The minimum Gasteiger partial charge on any atom is -0.478 e. The first-order valence-electron chi connectivity index (χ1n) is 3.17. The van der Waals surface area contributed by atoms with Crippen molar-refractivity contribution in [2.75, 3.05) is 0 Å². The van der Waals surface area contributed by atoms with Crippen LogP contribution in [0.2, 0.25) is 5.02 Å². The standard InChI is InChI=1S/C7H4ClNO4/c8-6-2-1-4(13-9-12)3-5(6)7(10)11/h1-3H,(H,10,11). The van der Waals surface area contributed by atoms with E-state index in [9.17, 15) is 9.70 Å². The smallest absolute Gasteiger partial charge is 0.337 e. The molecule has 0 bridgehead atoms. The third-order valence-electron chi connectivity index (χ3n) is 1.31. The Morgan fingerprint density at radius 1 is 1.54 bits per heavy atom. The number of hydrogen-bond acceptors (Lipinski definition) is 4. The van der Waals surface area contributed by atoms with Crippen LogP contribution in [0.4, 0.5) is 0 Å². The number of hydrogen-bond donors (Lipinski definition) is 1. The van der Waals surface area contributed by atoms with Crippen LogP contribution in [-0.4, -0.2) is 11.1 Å². The topological polar surface area (TPSA) is 76.0 Å². The quantitative estimate of drug-likeness (QED) is 0.600. The van der Waals surface area contributed by atoms with Crippen molar-refractivity contribution in [2.24, 2.45) is 5.34 Å². The largest absolute Gasteiger partial charge is 0.478 e. The summed E-state index contributed by atoms with van der Waals surface area (Å²) in [5.74, 6) is -1.15. The Balaban J connectivity index is 3.10. The van der Waals surface area contributed by atoms with Gasteiger partial charge in [0.05, 0.1) is 10.6 Å². The molecule has 0 aromatic heterocycles. The number of halogens is 1. The van der Waals surface area contributed by atoms with Gasteiger partial charge in [0.2, 0.25) is 0 Å². The molecule has 1 aromatic carbocycles. The van der Waals surface area contributed by atoms with Crippen LogP contribution in [0.15, 0.2) is 23.5 Å². The van der Waals surface area contributed by atoms with E-state index in [1.807, 2.05) is 0 Å². The number of rotatable bonds is 3. The molecule has 0 aliphatic carbocycles. The van der Waals surface area contributed by atoms with Gasteiger partial charge < -0.3 is 9.94 Å². The van der Waals surface area contributed by atoms with Crippen LogP contribution in [-0.2, 0) is 0 Å². The second-order valence-corrected chi connectivity index (χ2v) is 2.52. The van der Waals surface area contributed by atoms with Gasteiger partial charge in [-0.15, -0.1) is 4.91 Å². The molecule has 0 amide bonds. The first kappa shape index (κ1) is 9.47. The van der Waals surface area contributed by atoms with Crippen molar-refractivity contribution in [3.05, 3.63) is 33.7 Å². The Labute approximate surface area is 77.8 Å². The van der Waals surface area contributed by atoms with Crippen molar-refractivity contribution in [3.63, 3.8) is 0 Å². The summed E-state index contributed by atoms with van der Waals surface area (Å²) in [6.07, 6.45) is 0. The molecule has 0 aliphatic heterocycles. The van der Waals surface area contributed by atoms with Gasteiger partial charge in [0.1, 0.15) is 0 Å². The molecule has 0 atom stereocenters. The summed E-state index contributed by atoms with van der Waals surface area (Å²) in [4.78, 5) is 24.4. The Morgan fingerprint density at radius 3 is 2.77 bits per heavy atom. The van der Waals surface area contributed by atoms with Crippen LogP contribution in [0, 0.1) is 4.91 Å². The monoisotopic (exact) mass is 201 g/mol. The number of nitrogens with zero attached hydrogens (tertiary/aromatic N) is 1. The summed E-state index contributed by atoms with van der Waals surface area (Å²) in [5, 5.41) is 10.8. The molecule has 0 radical (unpaired) electrons. The molecule has 1 N–H and O–H groups in total. The van der Waals surface area contributed by atoms with E-state index in [4.69, 9.17) is 16.7 Å². The molecule has 1 aromatic rings. The van der Waals surface area contributed by atoms with Gasteiger partial charge in [0.25, 0.3) is 0 Å². The Morgan fingerprint density at radius 2 is 2.23 bits per heavy atom. The lowest BCUT2D eigenvalue weighted by atomic mass is 10.2. The van der Waals surface area contributed by atoms with Crippen molar-refractivity contribution < 1.29 is 14.7 Å². The highest BCUT2D eigenvalue weighted by Gasteiger charge is 2.09. The fourth-order valence-electron chi connectivity index (χ4n) is 0.768. The molecule has 13 heavy (non-hydrogen) atoms. The lowest BCUT2D eigenvalue weighted by Gasteiger charge is -1.99. The van der Waals surface area contributed by atoms with Gasteiger partial charge in [-0.3, -0.25) is 0 Å². The van der Waals surface area contributed by atoms with E-state index in [-0.39, 0.29) is 16.3 Å². The maximum absolute atomic E-state index is 10.5. The van der Waals surface area contributed by atoms with Gasteiger partial charge in [0.15, 0.2) is 11.1 Å². The minimum atomic E-state index is -1.19. The van der Waals surface area contributed by atoms with E-state index in [2.05, 4.69) is 10.2 Å². The van der Waals surface area contributed by atoms with E-state index in [1.165, 1.54) is 12.1 Å². The zero-order valence-corrected chi connectivity index (χ0v) is 6.99. The molecule has 0 heterocycles. The van der Waals surface area contributed by atoms with Crippen LogP contribution in [0.1, 0.15) is 10.4 Å². The summed E-state index contributed by atoms with van der Waals surface area (Å²) in [7, 11) is 0. The van der Waals surface area contributed by atoms with Gasteiger partial charge in [-0.1, -0.05) is 11.6 Å². The van der Waals surface area contributed by atoms with Crippen LogP contribution in [0.5, 0.6) is 5.75 Å². The van der Waals surface area contributed by atoms with Crippen molar-refractivity contribution >= 4 is 17.6 Å². The third-order valence-corrected chi connectivity index (χ3v) is 1.64. The molecule has 6 heteroatoms. The minimum absolute atomic E-state index is 0.0387. The summed E-state index contributed by atoms with van der Waals surface area (Å²) in [6.45, 7) is 0. The van der Waals surface area contributed by atoms with E-state index < -0.39 is 5.97 Å². The number of aromatic carboxylic acids is 1. The molecule has 0 fully saturated rings. The number of carbonyl (C=O) groups is 1. The number of carboxylic acid groups (broad SMARTS) is 1. The van der Waals surface area contributed by atoms with Crippen molar-refractivity contribution in [1.29, 1.82) is 0 Å². The zero-order chi connectivity index (χ0) is 9.84. The van der Waals surface area contributed by atoms with Gasteiger partial charge in [-0.25, -0.2) is 4.79 Å². The predicted molar refractivity (Wildman–Crippen MR) is 44.8 cm³/mol. The average Bonchev–Trinajstić information content (AvgIpc) is 2.08. The third kappa shape index (κ3) is 2.16. The number of carboxylic acids is 1. The molecule has 0 unspecified atom stereocenters. The van der Waals surface area contributed by atoms with Crippen LogP contribution in [0.3, 0.4) is 0 Å². The average molecular weight is 202 g/mol. The highest BCUT2D eigenvalue weighted by molar-refractivity contribution is 6.33. The summed E-state index contributed by atoms with van der Waals surface area (Å²) in [5.41, 5.74) is -0.136. The van der Waals surface area contributed by atoms with Crippen molar-refractivity contribution in [3.8, 4) is 5.75 Å². The second kappa shape index (κ2) is 3.86. The SMILES string of the molecule is O=NOc1ccc(Cl)c(C(=O)O)c1. The molecule has 5 nitrogen and oxygen atoms in total. The van der Waals surface area contributed by atoms with Crippen LogP contribution >= 0.6 is 11.6 Å². The zero-order valence-electron chi connectivity index (χ0n) is 6.23. The molecule has 68 valence electrons. The van der Waals surface area contributed by atoms with E-state index in [1.54, 1.807) is 0 Å². The van der Waals surface area contributed by atoms with E-state index in [0.29, 0.717) is 0 Å². The normalized spacial score (nSPS) is 9.31. The lowest BCUT2D eigenvalue weighted by molar-refractivity contribution is 0.0696. The van der Waals surface area contributed by atoms with Gasteiger partial charge in [-0.2, -0.15) is 0 Å². The Kier molecular flexibility index (Phi) is 2.81. The molecule has 0 spiro atoms. The molecular formula is C7H4ClNO4. The van der Waals surface area contributed by atoms with Gasteiger partial charge in [0, 0.05) is 0 Å². The Bertz CT molecular complexity index is 352. The van der Waals surface area contributed by atoms with Gasteiger partial charge in [-0.05, 0) is 18.2 Å². The molecule has 0 aliphatic rings. The molecule has 0 saturated heterocycles. The van der Waals surface area contributed by atoms with Crippen LogP contribution < -0.4 is 4.84 Å². The summed E-state index contributed by atoms with van der Waals surface area (Å²) >= 11 is 5.55. The predicted octanol–water partition coefficient (Wildman–Crippen LogP) is 2.10. The first-order chi connectivity index (χ1) is 6.15. The summed E-state index contributed by atoms with van der Waals surface area (Å²) < 4.78 is 0. The van der Waals surface area contributed by atoms with Gasteiger partial charge >= 0.3 is 5.97 Å². The van der Waals surface area contributed by atoms with E-state index >= 15 is 0 Å². The highest BCUT2D eigenvalue weighted by Crippen LogP contribution is 2.22. The maximum Gasteiger partial charge on any atom is 0.337 e. The van der Waals surface area contributed by atoms with Crippen molar-refractivity contribution in [1.82, 2.24) is 0 Å². The summed E-state index contributed by atoms with van der Waals surface area (Å²) in [6, 6.07) is 3.77. The fourth-order valence-corrected chi connectivity index (χ4v) is 0.966. The molecule has 1 rings (SSSR count). The van der Waals surface area contributed by atoms with E-state index in [0.717, 1.165) is 6.07 Å². The maximum atomic E-state index is 10.5. The molecule has 0 saturated carbocycles. The first-order valence-corrected chi connectivity index (χ1v) is 3.55. The number of benzene rings is 1. The highest BCUT2D eigenvalue weighted by atomic mass is 35.5. The van der Waals surface area contributed by atoms with Crippen LogP contribution in [0.25, 0.3) is 0 Å². The Hall–Kier alpha value is -1.62. The second-order valence-electron chi connectivity index (χ2n) is 2.11. The molecular weight excluding hydrogens is 198 g/mol. The van der Waals surface area contributed by atoms with Crippen molar-refractivity contribution in [2.45, 2.75) is 0 Å². The fraction of sp³-hybridized carbons (Fsp3) is 0.